The molecule has 3 heteroatoms. The highest BCUT2D eigenvalue weighted by Gasteiger charge is 2.07. The smallest absolute Gasteiger partial charge is 0.276 e. The molecule has 1 aliphatic heterocycles. The second kappa shape index (κ2) is 1.24. The van der Waals surface area contributed by atoms with E-state index in [1.54, 1.807) is 0 Å². The van der Waals surface area contributed by atoms with Gasteiger partial charge < -0.3 is 4.74 Å². The predicted molar refractivity (Wildman–Crippen MR) is 18.3 cm³/mol. The van der Waals surface area contributed by atoms with Crippen LogP contribution in [0, 0.1) is 0 Å². The molecule has 1 aliphatic rings. The van der Waals surface area contributed by atoms with Crippen molar-refractivity contribution in [2.24, 2.45) is 4.99 Å². The number of nitrogens with zero attached hydrogens (tertiary/aromatic N) is 1. The van der Waals surface area contributed by atoms with Crippen LogP contribution in [0.3, 0.4) is 0 Å². The zero-order valence-electron chi connectivity index (χ0n) is 3.02. The van der Waals surface area contributed by atoms with Crippen molar-refractivity contribution in [2.75, 3.05) is 6.61 Å². The Labute approximate surface area is 34.6 Å². The van der Waals surface area contributed by atoms with Crippen LogP contribution < -0.4 is 0 Å². The molecular weight excluding hydrogens is 85.0 g/mol. The maximum atomic E-state index is 11.6. The van der Waals surface area contributed by atoms with Crippen molar-refractivity contribution in [3.63, 3.8) is 0 Å². The van der Waals surface area contributed by atoms with E-state index in [1.165, 1.54) is 0 Å². The molecule has 1 heterocycles. The summed E-state index contributed by atoms with van der Waals surface area (Å²) < 4.78 is 15.8. The first-order chi connectivity index (χ1) is 2.89. The fraction of sp³-hybridized carbons (Fsp3) is 0.667. The van der Waals surface area contributed by atoms with Crippen LogP contribution in [-0.4, -0.2) is 19.3 Å². The van der Waals surface area contributed by atoms with Gasteiger partial charge in [0, 0.05) is 0 Å². The fourth-order valence-electron chi connectivity index (χ4n) is 0.238. The third kappa shape index (κ3) is 0.478. The predicted octanol–water partition coefficient (Wildman–Crippen LogP) is 0.218. The molecule has 0 saturated carbocycles. The molecule has 0 aromatic heterocycles. The zero-order valence-corrected chi connectivity index (χ0v) is 3.02. The standard InChI is InChI=1S/C3H3FNO/c4-3-1-6-2-5-3/h3H,1H2. The normalized spacial score (nSPS) is 30.5. The molecule has 0 bridgehead atoms. The Balaban J connectivity index is 2.38. The second-order valence-corrected chi connectivity index (χ2v) is 0.966. The van der Waals surface area contributed by atoms with Crippen LogP contribution in [0.1, 0.15) is 0 Å². The Hall–Kier alpha value is -0.600. The van der Waals surface area contributed by atoms with E-state index in [-0.39, 0.29) is 6.61 Å². The first kappa shape index (κ1) is 3.59. The Kier molecular flexibility index (Phi) is 0.742. The van der Waals surface area contributed by atoms with Crippen molar-refractivity contribution >= 4 is 6.40 Å². The average Bonchev–Trinajstić information content (AvgIpc) is 1.86. The van der Waals surface area contributed by atoms with E-state index in [0.29, 0.717) is 0 Å². The van der Waals surface area contributed by atoms with Crippen LogP contribution in [0.2, 0.25) is 0 Å². The molecule has 6 heavy (non-hydrogen) atoms. The zero-order chi connectivity index (χ0) is 4.41. The highest BCUT2D eigenvalue weighted by Crippen LogP contribution is 1.97. The number of hydrogen-bond acceptors (Lipinski definition) is 2. The average molecular weight is 88.1 g/mol. The summed E-state index contributed by atoms with van der Waals surface area (Å²) in [6.07, 6.45) is 0.860. The van der Waals surface area contributed by atoms with E-state index in [9.17, 15) is 4.39 Å². The van der Waals surface area contributed by atoms with Gasteiger partial charge in [-0.15, -0.1) is 0 Å². The van der Waals surface area contributed by atoms with Crippen molar-refractivity contribution in [3.8, 4) is 0 Å². The maximum Gasteiger partial charge on any atom is 0.276 e. The first-order valence-corrected chi connectivity index (χ1v) is 1.60. The van der Waals surface area contributed by atoms with Crippen LogP contribution in [0.4, 0.5) is 4.39 Å². The summed E-state index contributed by atoms with van der Waals surface area (Å²) >= 11 is 0. The monoisotopic (exact) mass is 88.0 g/mol. The molecule has 0 aromatic rings. The highest BCUT2D eigenvalue weighted by atomic mass is 19.1. The molecule has 1 radical (unpaired) electrons. The van der Waals surface area contributed by atoms with E-state index in [0.717, 1.165) is 0 Å². The van der Waals surface area contributed by atoms with Crippen molar-refractivity contribution in [2.45, 2.75) is 6.30 Å². The maximum absolute atomic E-state index is 11.6. The van der Waals surface area contributed by atoms with Crippen LogP contribution in [0.15, 0.2) is 4.99 Å². The lowest BCUT2D eigenvalue weighted by Gasteiger charge is -1.84. The number of aliphatic imine (C=N–C) groups is 1. The summed E-state index contributed by atoms with van der Waals surface area (Å²) in [5.41, 5.74) is 0. The molecular formula is C3H3FNO. The van der Waals surface area contributed by atoms with Crippen molar-refractivity contribution in [1.29, 1.82) is 0 Å². The van der Waals surface area contributed by atoms with Crippen LogP contribution >= 0.6 is 0 Å². The van der Waals surface area contributed by atoms with Gasteiger partial charge in [0.25, 0.3) is 6.40 Å². The van der Waals surface area contributed by atoms with E-state index in [4.69, 9.17) is 0 Å². The number of hydrogen-bond donors (Lipinski definition) is 0. The van der Waals surface area contributed by atoms with Gasteiger partial charge in [0.1, 0.15) is 6.61 Å². The van der Waals surface area contributed by atoms with Crippen molar-refractivity contribution in [3.05, 3.63) is 0 Å². The lowest BCUT2D eigenvalue weighted by molar-refractivity contribution is 0.239. The third-order valence-electron chi connectivity index (χ3n) is 0.478. The van der Waals surface area contributed by atoms with Crippen molar-refractivity contribution < 1.29 is 9.13 Å². The Morgan fingerprint density at radius 1 is 2.00 bits per heavy atom. The largest absolute Gasteiger partial charge is 0.469 e. The summed E-state index contributed by atoms with van der Waals surface area (Å²) in [5.74, 6) is 0. The molecule has 33 valence electrons. The van der Waals surface area contributed by atoms with Gasteiger partial charge >= 0.3 is 0 Å². The summed E-state index contributed by atoms with van der Waals surface area (Å²) in [4.78, 5) is 3.10. The first-order valence-electron chi connectivity index (χ1n) is 1.60. The van der Waals surface area contributed by atoms with E-state index in [2.05, 4.69) is 9.73 Å². The van der Waals surface area contributed by atoms with Crippen LogP contribution in [-0.2, 0) is 4.74 Å². The van der Waals surface area contributed by atoms with Crippen molar-refractivity contribution in [1.82, 2.24) is 0 Å². The third-order valence-corrected chi connectivity index (χ3v) is 0.478. The summed E-state index contributed by atoms with van der Waals surface area (Å²) in [7, 11) is 0. The second-order valence-electron chi connectivity index (χ2n) is 0.966. The molecule has 0 amide bonds. The highest BCUT2D eigenvalue weighted by molar-refractivity contribution is 5.48. The lowest BCUT2D eigenvalue weighted by atomic mass is 10.7. The minimum Gasteiger partial charge on any atom is -0.469 e. The molecule has 0 fully saturated rings. The van der Waals surface area contributed by atoms with Gasteiger partial charge in [-0.3, -0.25) is 0 Å². The van der Waals surface area contributed by atoms with E-state index >= 15 is 0 Å². The van der Waals surface area contributed by atoms with Crippen LogP contribution in [0.5, 0.6) is 0 Å². The minimum absolute atomic E-state index is 0.0417. The van der Waals surface area contributed by atoms with E-state index < -0.39 is 6.30 Å². The number of alkyl halides is 1. The quantitative estimate of drug-likeness (QED) is 0.388. The molecule has 1 unspecified atom stereocenters. The van der Waals surface area contributed by atoms with Gasteiger partial charge in [0.15, 0.2) is 0 Å². The van der Waals surface area contributed by atoms with Gasteiger partial charge in [-0.1, -0.05) is 0 Å². The number of halogens is 1. The molecule has 0 aromatic carbocycles. The lowest BCUT2D eigenvalue weighted by Crippen LogP contribution is -1.94. The topological polar surface area (TPSA) is 21.6 Å². The molecule has 1 rings (SSSR count). The van der Waals surface area contributed by atoms with Gasteiger partial charge in [-0.2, -0.15) is 0 Å². The summed E-state index contributed by atoms with van der Waals surface area (Å²) in [5, 5.41) is 0. The number of ether oxygens (including phenoxy) is 1. The van der Waals surface area contributed by atoms with E-state index in [1.807, 2.05) is 6.40 Å². The summed E-state index contributed by atoms with van der Waals surface area (Å²) in [6, 6.07) is 0. The molecule has 0 saturated heterocycles. The molecule has 0 N–H and O–H groups in total. The summed E-state index contributed by atoms with van der Waals surface area (Å²) in [6.45, 7) is 0.0417. The van der Waals surface area contributed by atoms with Crippen LogP contribution in [0.25, 0.3) is 0 Å². The van der Waals surface area contributed by atoms with Gasteiger partial charge in [0.2, 0.25) is 6.30 Å². The Morgan fingerprint density at radius 3 is 3.00 bits per heavy atom. The minimum atomic E-state index is -1.16. The fourth-order valence-corrected chi connectivity index (χ4v) is 0.238. The Bertz CT molecular complexity index is 73.2. The Morgan fingerprint density at radius 2 is 2.83 bits per heavy atom. The molecule has 0 aliphatic carbocycles. The van der Waals surface area contributed by atoms with Gasteiger partial charge in [-0.25, -0.2) is 9.38 Å². The van der Waals surface area contributed by atoms with Gasteiger partial charge in [-0.05, 0) is 0 Å². The molecule has 0 spiro atoms. The number of rotatable bonds is 0. The SMILES string of the molecule is FC1CO[C]=N1. The molecule has 2 nitrogen and oxygen atoms in total. The molecule has 1 atom stereocenters. The van der Waals surface area contributed by atoms with Gasteiger partial charge in [0.05, 0.1) is 0 Å².